The summed E-state index contributed by atoms with van der Waals surface area (Å²) in [6.07, 6.45) is 0.766. The maximum Gasteiger partial charge on any atom is 0.314 e. The van der Waals surface area contributed by atoms with Gasteiger partial charge in [0.05, 0.1) is 18.6 Å². The third kappa shape index (κ3) is 5.94. The fourth-order valence-electron chi connectivity index (χ4n) is 2.38. The van der Waals surface area contributed by atoms with Crippen LogP contribution in [0.15, 0.2) is 0 Å². The molecule has 0 fully saturated rings. The van der Waals surface area contributed by atoms with Crippen molar-refractivity contribution in [2.45, 2.75) is 54.9 Å². The van der Waals surface area contributed by atoms with Crippen molar-refractivity contribution in [2.24, 2.45) is 22.7 Å². The summed E-state index contributed by atoms with van der Waals surface area (Å²) in [5, 5.41) is 0. The van der Waals surface area contributed by atoms with Crippen LogP contribution >= 0.6 is 0 Å². The van der Waals surface area contributed by atoms with Gasteiger partial charge in [0, 0.05) is 7.11 Å². The van der Waals surface area contributed by atoms with E-state index < -0.39 is 5.41 Å². The summed E-state index contributed by atoms with van der Waals surface area (Å²) in [7, 11) is 1.65. The second-order valence-corrected chi connectivity index (χ2v) is 7.47. The smallest absolute Gasteiger partial charge is 0.314 e. The molecule has 0 aromatic rings. The largest absolute Gasteiger partial charge is 0.465 e. The number of hydrogen-bond donors (Lipinski definition) is 0. The lowest BCUT2D eigenvalue weighted by atomic mass is 9.68. The third-order valence-corrected chi connectivity index (χ3v) is 3.31. The molecule has 0 spiro atoms. The van der Waals surface area contributed by atoms with Crippen LogP contribution in [0, 0.1) is 22.7 Å². The predicted molar refractivity (Wildman–Crippen MR) is 79.0 cm³/mol. The number of rotatable bonds is 7. The van der Waals surface area contributed by atoms with Gasteiger partial charge >= 0.3 is 5.97 Å². The van der Waals surface area contributed by atoms with Crippen LogP contribution in [0.4, 0.5) is 0 Å². The lowest BCUT2D eigenvalue weighted by molar-refractivity contribution is -0.167. The van der Waals surface area contributed by atoms with Gasteiger partial charge in [-0.2, -0.15) is 0 Å². The Morgan fingerprint density at radius 3 is 1.95 bits per heavy atom. The van der Waals surface area contributed by atoms with Crippen LogP contribution in [0.5, 0.6) is 0 Å². The van der Waals surface area contributed by atoms with E-state index in [1.807, 2.05) is 13.8 Å². The molecule has 3 nitrogen and oxygen atoms in total. The van der Waals surface area contributed by atoms with E-state index in [-0.39, 0.29) is 17.3 Å². The van der Waals surface area contributed by atoms with Gasteiger partial charge in [-0.1, -0.05) is 48.5 Å². The number of methoxy groups -OCH3 is 1. The predicted octanol–water partition coefficient (Wildman–Crippen LogP) is 3.91. The van der Waals surface area contributed by atoms with Crippen molar-refractivity contribution in [3.8, 4) is 0 Å². The average Bonchev–Trinajstić information content (AvgIpc) is 2.22. The van der Waals surface area contributed by atoms with Crippen LogP contribution in [-0.2, 0) is 14.3 Å². The molecule has 0 amide bonds. The Morgan fingerprint density at radius 2 is 1.63 bits per heavy atom. The number of carbonyl (C=O) groups is 1. The molecule has 3 heteroatoms. The third-order valence-electron chi connectivity index (χ3n) is 3.31. The lowest BCUT2D eigenvalue weighted by Crippen LogP contribution is -2.45. The Bertz CT molecular complexity index is 276. The average molecular weight is 272 g/mol. The fraction of sp³-hybridized carbons (Fsp3) is 0.938. The van der Waals surface area contributed by atoms with E-state index in [1.165, 1.54) is 0 Å². The van der Waals surface area contributed by atoms with Crippen molar-refractivity contribution in [3.05, 3.63) is 0 Å². The minimum atomic E-state index is -0.554. The van der Waals surface area contributed by atoms with Gasteiger partial charge in [0.15, 0.2) is 0 Å². The lowest BCUT2D eigenvalue weighted by Gasteiger charge is -2.39. The highest BCUT2D eigenvalue weighted by Crippen LogP contribution is 2.41. The summed E-state index contributed by atoms with van der Waals surface area (Å²) in [6, 6.07) is 0. The second kappa shape index (κ2) is 7.28. The Kier molecular flexibility index (Phi) is 7.06. The first-order chi connectivity index (χ1) is 8.55. The molecule has 0 N–H and O–H groups in total. The first kappa shape index (κ1) is 18.4. The molecule has 114 valence electrons. The summed E-state index contributed by atoms with van der Waals surface area (Å²) in [5.74, 6) is 0.422. The van der Waals surface area contributed by atoms with Crippen LogP contribution in [0.2, 0.25) is 0 Å². The van der Waals surface area contributed by atoms with Gasteiger partial charge in [-0.25, -0.2) is 0 Å². The van der Waals surface area contributed by atoms with Crippen molar-refractivity contribution < 1.29 is 14.3 Å². The van der Waals surface area contributed by atoms with Gasteiger partial charge in [-0.15, -0.1) is 0 Å². The van der Waals surface area contributed by atoms with Crippen LogP contribution in [-0.4, -0.2) is 26.3 Å². The summed E-state index contributed by atoms with van der Waals surface area (Å²) in [6.45, 7) is 15.6. The SMILES string of the molecule is COCC(CC(C)(C)C)(C(=O)OCC(C)C)C(C)C. The number of ether oxygens (including phenoxy) is 2. The molecular formula is C16H32O3. The van der Waals surface area contributed by atoms with Gasteiger partial charge in [-0.05, 0) is 23.7 Å². The molecule has 0 aliphatic heterocycles. The first-order valence-electron chi connectivity index (χ1n) is 7.21. The normalized spacial score (nSPS) is 15.7. The molecule has 0 radical (unpaired) electrons. The number of carbonyl (C=O) groups excluding carboxylic acids is 1. The van der Waals surface area contributed by atoms with E-state index in [0.29, 0.717) is 19.1 Å². The summed E-state index contributed by atoms with van der Waals surface area (Å²) in [4.78, 5) is 12.6. The second-order valence-electron chi connectivity index (χ2n) is 7.47. The molecule has 0 aromatic carbocycles. The van der Waals surface area contributed by atoms with Crippen molar-refractivity contribution in [1.29, 1.82) is 0 Å². The van der Waals surface area contributed by atoms with Crippen molar-refractivity contribution in [3.63, 3.8) is 0 Å². The molecule has 0 rings (SSSR count). The molecule has 0 heterocycles. The van der Waals surface area contributed by atoms with Gasteiger partial charge in [0.1, 0.15) is 0 Å². The minimum absolute atomic E-state index is 0.0552. The van der Waals surface area contributed by atoms with E-state index in [9.17, 15) is 4.79 Å². The highest BCUT2D eigenvalue weighted by molar-refractivity contribution is 5.77. The number of esters is 1. The zero-order valence-electron chi connectivity index (χ0n) is 14.0. The topological polar surface area (TPSA) is 35.5 Å². The van der Waals surface area contributed by atoms with Gasteiger partial charge in [-0.3, -0.25) is 4.79 Å². The van der Waals surface area contributed by atoms with Crippen molar-refractivity contribution >= 4 is 5.97 Å². The molecule has 1 atom stereocenters. The summed E-state index contributed by atoms with van der Waals surface area (Å²) >= 11 is 0. The molecule has 0 aliphatic rings. The summed E-state index contributed by atoms with van der Waals surface area (Å²) < 4.78 is 10.9. The Morgan fingerprint density at radius 1 is 1.11 bits per heavy atom. The maximum absolute atomic E-state index is 12.6. The maximum atomic E-state index is 12.6. The standard InChI is InChI=1S/C16H32O3/c1-12(2)9-19-14(17)16(11-18-8,13(3)4)10-15(5,6)7/h12-13H,9-11H2,1-8H3. The Hall–Kier alpha value is -0.570. The van der Waals surface area contributed by atoms with E-state index >= 15 is 0 Å². The zero-order valence-corrected chi connectivity index (χ0v) is 14.0. The van der Waals surface area contributed by atoms with Crippen LogP contribution < -0.4 is 0 Å². The molecule has 0 saturated carbocycles. The highest BCUT2D eigenvalue weighted by Gasteiger charge is 2.45. The fourth-order valence-corrected chi connectivity index (χ4v) is 2.38. The molecular weight excluding hydrogens is 240 g/mol. The molecule has 1 unspecified atom stereocenters. The monoisotopic (exact) mass is 272 g/mol. The molecule has 0 bridgehead atoms. The minimum Gasteiger partial charge on any atom is -0.465 e. The highest BCUT2D eigenvalue weighted by atomic mass is 16.5. The van der Waals surface area contributed by atoms with Crippen LogP contribution in [0.25, 0.3) is 0 Å². The van der Waals surface area contributed by atoms with Gasteiger partial charge in [0.25, 0.3) is 0 Å². The molecule has 0 aromatic heterocycles. The molecule has 0 saturated heterocycles. The van der Waals surface area contributed by atoms with Crippen molar-refractivity contribution in [1.82, 2.24) is 0 Å². The summed E-state index contributed by atoms with van der Waals surface area (Å²) in [5.41, 5.74) is -0.498. The quantitative estimate of drug-likeness (QED) is 0.659. The van der Waals surface area contributed by atoms with Gasteiger partial charge in [0.2, 0.25) is 0 Å². The van der Waals surface area contributed by atoms with Crippen molar-refractivity contribution in [2.75, 3.05) is 20.3 Å². The van der Waals surface area contributed by atoms with Gasteiger partial charge < -0.3 is 9.47 Å². The molecule has 19 heavy (non-hydrogen) atoms. The molecule has 0 aliphatic carbocycles. The van der Waals surface area contributed by atoms with E-state index in [4.69, 9.17) is 9.47 Å². The Labute approximate surface area is 119 Å². The number of hydrogen-bond acceptors (Lipinski definition) is 3. The van der Waals surface area contributed by atoms with E-state index in [0.717, 1.165) is 6.42 Å². The van der Waals surface area contributed by atoms with Crippen LogP contribution in [0.3, 0.4) is 0 Å². The first-order valence-corrected chi connectivity index (χ1v) is 7.21. The van der Waals surface area contributed by atoms with Crippen LogP contribution in [0.1, 0.15) is 54.9 Å². The Balaban J connectivity index is 5.16. The van der Waals surface area contributed by atoms with E-state index in [1.54, 1.807) is 7.11 Å². The zero-order chi connectivity index (χ0) is 15.3. The van der Waals surface area contributed by atoms with E-state index in [2.05, 4.69) is 34.6 Å².